The third-order valence-electron chi connectivity index (χ3n) is 2.59. The highest BCUT2D eigenvalue weighted by Crippen LogP contribution is 2.23. The molecule has 0 aliphatic carbocycles. The van der Waals surface area contributed by atoms with Crippen LogP contribution >= 0.6 is 11.6 Å². The van der Waals surface area contributed by atoms with E-state index in [2.05, 4.69) is 9.97 Å². The predicted molar refractivity (Wildman–Crippen MR) is 73.6 cm³/mol. The topological polar surface area (TPSA) is 63.2 Å². The molecule has 0 amide bonds. The quantitative estimate of drug-likeness (QED) is 0.813. The Hall–Kier alpha value is -1.73. The van der Waals surface area contributed by atoms with Crippen molar-refractivity contribution in [1.82, 2.24) is 9.97 Å². The minimum absolute atomic E-state index is 0.0335. The molecule has 0 radical (unpaired) electrons. The molecular weight excluding hydrogens is 305 g/mol. The Bertz CT molecular complexity index is 690. The molecule has 2 aromatic rings. The van der Waals surface area contributed by atoms with Gasteiger partial charge in [0, 0.05) is 6.54 Å². The highest BCUT2D eigenvalue weighted by molar-refractivity contribution is 7.92. The summed E-state index contributed by atoms with van der Waals surface area (Å²) < 4.78 is 39.0. The molecule has 2 rings (SSSR count). The second-order valence-electron chi connectivity index (χ2n) is 3.83. The third kappa shape index (κ3) is 2.88. The number of anilines is 1. The lowest BCUT2D eigenvalue weighted by Gasteiger charge is -2.22. The second kappa shape index (κ2) is 5.72. The molecule has 0 spiro atoms. The highest BCUT2D eigenvalue weighted by atomic mass is 35.5. The van der Waals surface area contributed by atoms with Gasteiger partial charge in [-0.05, 0) is 42.8 Å². The van der Waals surface area contributed by atoms with Gasteiger partial charge in [-0.1, -0.05) is 0 Å². The Morgan fingerprint density at radius 2 is 1.75 bits per heavy atom. The van der Waals surface area contributed by atoms with Gasteiger partial charge in [0.05, 0.1) is 18.1 Å². The summed E-state index contributed by atoms with van der Waals surface area (Å²) in [6.07, 6.45) is 2.27. The number of hydrogen-bond acceptors (Lipinski definition) is 4. The first-order chi connectivity index (χ1) is 9.45. The van der Waals surface area contributed by atoms with Gasteiger partial charge >= 0.3 is 0 Å². The molecule has 0 unspecified atom stereocenters. The van der Waals surface area contributed by atoms with Crippen LogP contribution in [0.1, 0.15) is 6.92 Å². The Balaban J connectivity index is 2.44. The van der Waals surface area contributed by atoms with Gasteiger partial charge in [0.2, 0.25) is 5.28 Å². The largest absolute Gasteiger partial charge is 0.267 e. The lowest BCUT2D eigenvalue weighted by Crippen LogP contribution is -2.30. The molecule has 8 heteroatoms. The maximum Gasteiger partial charge on any atom is 0.267 e. The van der Waals surface area contributed by atoms with Crippen molar-refractivity contribution in [2.24, 2.45) is 0 Å². The van der Waals surface area contributed by atoms with Crippen LogP contribution in [0.2, 0.25) is 5.28 Å². The van der Waals surface area contributed by atoms with E-state index < -0.39 is 15.8 Å². The van der Waals surface area contributed by atoms with Crippen molar-refractivity contribution in [2.75, 3.05) is 10.8 Å². The van der Waals surface area contributed by atoms with Crippen molar-refractivity contribution in [3.63, 3.8) is 0 Å². The molecule has 0 bridgehead atoms. The van der Waals surface area contributed by atoms with Gasteiger partial charge in [-0.25, -0.2) is 22.8 Å². The standard InChI is InChI=1S/C12H11ClFN3O2S/c1-2-17(10-5-3-9(14)4-6-10)20(18,19)11-7-15-12(13)16-8-11/h3-8H,2H2,1H3. The van der Waals surface area contributed by atoms with Crippen LogP contribution in [0, 0.1) is 5.82 Å². The summed E-state index contributed by atoms with van der Waals surface area (Å²) in [5.41, 5.74) is 0.365. The average molecular weight is 316 g/mol. The molecule has 0 saturated heterocycles. The minimum Gasteiger partial charge on any atom is -0.267 e. The summed E-state index contributed by atoms with van der Waals surface area (Å²) in [5.74, 6) is -0.433. The number of halogens is 2. The van der Waals surface area contributed by atoms with Crippen LogP contribution in [-0.2, 0) is 10.0 Å². The average Bonchev–Trinajstić information content (AvgIpc) is 2.42. The van der Waals surface area contributed by atoms with Crippen LogP contribution in [0.25, 0.3) is 0 Å². The summed E-state index contributed by atoms with van der Waals surface area (Å²) in [6, 6.07) is 5.19. The fraction of sp³-hybridized carbons (Fsp3) is 0.167. The van der Waals surface area contributed by atoms with Gasteiger partial charge in [0.1, 0.15) is 10.7 Å². The van der Waals surface area contributed by atoms with Gasteiger partial charge in [0.25, 0.3) is 10.0 Å². The summed E-state index contributed by atoms with van der Waals surface area (Å²) in [6.45, 7) is 1.87. The monoisotopic (exact) mass is 315 g/mol. The molecule has 1 heterocycles. The van der Waals surface area contributed by atoms with Crippen LogP contribution in [0.4, 0.5) is 10.1 Å². The van der Waals surface area contributed by atoms with E-state index in [-0.39, 0.29) is 16.7 Å². The summed E-state index contributed by atoms with van der Waals surface area (Å²) in [5, 5.41) is -0.0335. The Labute approximate surface area is 121 Å². The van der Waals surface area contributed by atoms with E-state index in [4.69, 9.17) is 11.6 Å². The molecule has 1 aromatic carbocycles. The lowest BCUT2D eigenvalue weighted by atomic mass is 10.3. The first-order valence-corrected chi connectivity index (χ1v) is 7.53. The van der Waals surface area contributed by atoms with Crippen LogP contribution in [-0.4, -0.2) is 24.9 Å². The molecule has 0 N–H and O–H groups in total. The van der Waals surface area contributed by atoms with Crippen molar-refractivity contribution in [3.8, 4) is 0 Å². The van der Waals surface area contributed by atoms with Crippen LogP contribution in [0.5, 0.6) is 0 Å². The molecule has 1 aromatic heterocycles. The zero-order valence-corrected chi connectivity index (χ0v) is 12.1. The second-order valence-corrected chi connectivity index (χ2v) is 6.03. The van der Waals surface area contributed by atoms with Crippen LogP contribution in [0.3, 0.4) is 0 Å². The molecule has 0 fully saturated rings. The predicted octanol–water partition coefficient (Wildman–Crippen LogP) is 2.48. The maximum absolute atomic E-state index is 12.9. The number of hydrogen-bond donors (Lipinski definition) is 0. The summed E-state index contributed by atoms with van der Waals surface area (Å²) in [7, 11) is -3.81. The van der Waals surface area contributed by atoms with E-state index in [1.54, 1.807) is 6.92 Å². The molecule has 20 heavy (non-hydrogen) atoms. The van der Waals surface area contributed by atoms with Crippen molar-refractivity contribution in [1.29, 1.82) is 0 Å². The summed E-state index contributed by atoms with van der Waals surface area (Å²) >= 11 is 5.54. The zero-order chi connectivity index (χ0) is 14.8. The first-order valence-electron chi connectivity index (χ1n) is 5.71. The molecular formula is C12H11ClFN3O2S. The van der Waals surface area contributed by atoms with Crippen LogP contribution < -0.4 is 4.31 Å². The number of sulfonamides is 1. The molecule has 0 saturated carbocycles. The van der Waals surface area contributed by atoms with Gasteiger partial charge in [-0.3, -0.25) is 4.31 Å². The van der Waals surface area contributed by atoms with E-state index >= 15 is 0 Å². The molecule has 0 aliphatic rings. The molecule has 106 valence electrons. The number of nitrogens with zero attached hydrogens (tertiary/aromatic N) is 3. The van der Waals surface area contributed by atoms with E-state index in [9.17, 15) is 12.8 Å². The smallest absolute Gasteiger partial charge is 0.267 e. The maximum atomic E-state index is 12.9. The number of aromatic nitrogens is 2. The van der Waals surface area contributed by atoms with Gasteiger partial charge < -0.3 is 0 Å². The molecule has 5 nitrogen and oxygen atoms in total. The van der Waals surface area contributed by atoms with E-state index in [0.29, 0.717) is 5.69 Å². The highest BCUT2D eigenvalue weighted by Gasteiger charge is 2.24. The Morgan fingerprint density at radius 3 is 2.25 bits per heavy atom. The number of benzene rings is 1. The van der Waals surface area contributed by atoms with Crippen molar-refractivity contribution < 1.29 is 12.8 Å². The summed E-state index contributed by atoms with van der Waals surface area (Å²) in [4.78, 5) is 7.24. The zero-order valence-electron chi connectivity index (χ0n) is 10.5. The molecule has 0 atom stereocenters. The fourth-order valence-corrected chi connectivity index (χ4v) is 3.12. The van der Waals surface area contributed by atoms with E-state index in [1.165, 1.54) is 24.3 Å². The Morgan fingerprint density at radius 1 is 1.20 bits per heavy atom. The minimum atomic E-state index is -3.81. The normalized spacial score (nSPS) is 11.3. The Kier molecular flexibility index (Phi) is 4.20. The third-order valence-corrected chi connectivity index (χ3v) is 4.64. The van der Waals surface area contributed by atoms with E-state index in [0.717, 1.165) is 16.7 Å². The van der Waals surface area contributed by atoms with Crippen molar-refractivity contribution in [2.45, 2.75) is 11.8 Å². The van der Waals surface area contributed by atoms with Crippen molar-refractivity contribution >= 4 is 27.3 Å². The van der Waals surface area contributed by atoms with Crippen LogP contribution in [0.15, 0.2) is 41.6 Å². The lowest BCUT2D eigenvalue weighted by molar-refractivity contribution is 0.590. The van der Waals surface area contributed by atoms with Gasteiger partial charge in [-0.2, -0.15) is 0 Å². The SMILES string of the molecule is CCN(c1ccc(F)cc1)S(=O)(=O)c1cnc(Cl)nc1. The first kappa shape index (κ1) is 14.7. The number of rotatable bonds is 4. The van der Waals surface area contributed by atoms with E-state index in [1.807, 2.05) is 0 Å². The van der Waals surface area contributed by atoms with Gasteiger partial charge in [0.15, 0.2) is 0 Å². The molecule has 0 aliphatic heterocycles. The fourth-order valence-electron chi connectivity index (χ4n) is 1.66. The van der Waals surface area contributed by atoms with Crippen molar-refractivity contribution in [3.05, 3.63) is 47.8 Å². The van der Waals surface area contributed by atoms with Gasteiger partial charge in [-0.15, -0.1) is 0 Å².